The number of rotatable bonds is 3. The molecule has 0 saturated carbocycles. The van der Waals surface area contributed by atoms with Crippen molar-refractivity contribution in [1.82, 2.24) is 9.55 Å². The van der Waals surface area contributed by atoms with Gasteiger partial charge in [-0.15, -0.1) is 0 Å². The predicted molar refractivity (Wildman–Crippen MR) is 70.1 cm³/mol. The van der Waals surface area contributed by atoms with Gasteiger partial charge in [-0.25, -0.2) is 4.98 Å². The highest BCUT2D eigenvalue weighted by atomic mass is 16.5. The summed E-state index contributed by atoms with van der Waals surface area (Å²) in [6.45, 7) is 4.06. The van der Waals surface area contributed by atoms with Crippen LogP contribution in [0.2, 0.25) is 0 Å². The first kappa shape index (κ1) is 12.4. The van der Waals surface area contributed by atoms with E-state index < -0.39 is 0 Å². The zero-order valence-electron chi connectivity index (χ0n) is 11.0. The summed E-state index contributed by atoms with van der Waals surface area (Å²) in [4.78, 5) is 15.4. The third-order valence-corrected chi connectivity index (χ3v) is 3.17. The van der Waals surface area contributed by atoms with Gasteiger partial charge in [-0.3, -0.25) is 4.79 Å². The molecule has 0 spiro atoms. The highest BCUT2D eigenvalue weighted by molar-refractivity contribution is 5.86. The predicted octanol–water partition coefficient (Wildman–Crippen LogP) is 2.53. The minimum absolute atomic E-state index is 0.552. The highest BCUT2D eigenvalue weighted by Crippen LogP contribution is 2.33. The highest BCUT2D eigenvalue weighted by Gasteiger charge is 2.15. The number of imidazole rings is 1. The van der Waals surface area contributed by atoms with Crippen molar-refractivity contribution in [3.8, 4) is 17.0 Å². The van der Waals surface area contributed by atoms with E-state index in [-0.39, 0.29) is 0 Å². The van der Waals surface area contributed by atoms with Gasteiger partial charge in [0.2, 0.25) is 0 Å². The number of carbonyl (C=O) groups is 1. The topological polar surface area (TPSA) is 44.1 Å². The Hall–Kier alpha value is -2.10. The molecule has 1 aromatic carbocycles. The molecule has 0 radical (unpaired) electrons. The third kappa shape index (κ3) is 1.90. The lowest BCUT2D eigenvalue weighted by atomic mass is 10.0. The number of ether oxygens (including phenoxy) is 1. The van der Waals surface area contributed by atoms with Crippen molar-refractivity contribution in [3.63, 3.8) is 0 Å². The minimum Gasteiger partial charge on any atom is -0.496 e. The molecule has 0 aliphatic rings. The lowest BCUT2D eigenvalue weighted by Gasteiger charge is -2.10. The summed E-state index contributed by atoms with van der Waals surface area (Å²) >= 11 is 0. The van der Waals surface area contributed by atoms with Crippen LogP contribution in [-0.2, 0) is 7.05 Å². The van der Waals surface area contributed by atoms with Crippen molar-refractivity contribution >= 4 is 6.29 Å². The number of methoxy groups -OCH3 is 1. The Bertz CT molecular complexity index is 600. The molecule has 0 aliphatic carbocycles. The Morgan fingerprint density at radius 1 is 1.28 bits per heavy atom. The average molecular weight is 244 g/mol. The standard InChI is InChI=1S/C14H16N2O2/c1-9-5-11(13(18-4)6-10(9)2)14-12(7-17)16(3)8-15-14/h5-8H,1-4H3. The van der Waals surface area contributed by atoms with Crippen LogP contribution >= 0.6 is 0 Å². The van der Waals surface area contributed by atoms with Crippen molar-refractivity contribution < 1.29 is 9.53 Å². The summed E-state index contributed by atoms with van der Waals surface area (Å²) in [6.07, 6.45) is 2.45. The summed E-state index contributed by atoms with van der Waals surface area (Å²) < 4.78 is 7.08. The van der Waals surface area contributed by atoms with Crippen molar-refractivity contribution in [2.24, 2.45) is 7.05 Å². The minimum atomic E-state index is 0.552. The van der Waals surface area contributed by atoms with Crippen molar-refractivity contribution in [2.45, 2.75) is 13.8 Å². The number of aldehydes is 1. The van der Waals surface area contributed by atoms with E-state index in [1.165, 1.54) is 0 Å². The molecule has 0 saturated heterocycles. The van der Waals surface area contributed by atoms with Crippen LogP contribution in [-0.4, -0.2) is 22.9 Å². The van der Waals surface area contributed by atoms with Crippen LogP contribution in [0.15, 0.2) is 18.5 Å². The largest absolute Gasteiger partial charge is 0.496 e. The second-order valence-electron chi connectivity index (χ2n) is 4.34. The summed E-state index contributed by atoms with van der Waals surface area (Å²) in [5.41, 5.74) is 4.36. The Morgan fingerprint density at radius 3 is 2.56 bits per heavy atom. The second-order valence-corrected chi connectivity index (χ2v) is 4.34. The van der Waals surface area contributed by atoms with Crippen LogP contribution in [0.25, 0.3) is 11.3 Å². The van der Waals surface area contributed by atoms with Gasteiger partial charge < -0.3 is 9.30 Å². The molecule has 0 N–H and O–H groups in total. The van der Waals surface area contributed by atoms with E-state index in [4.69, 9.17) is 4.74 Å². The number of hydrogen-bond acceptors (Lipinski definition) is 3. The molecule has 2 rings (SSSR count). The Labute approximate surface area is 106 Å². The summed E-state index contributed by atoms with van der Waals surface area (Å²) in [7, 11) is 3.42. The maximum atomic E-state index is 11.1. The maximum Gasteiger partial charge on any atom is 0.168 e. The molecule has 4 heteroatoms. The Balaban J connectivity index is 2.69. The molecule has 94 valence electrons. The molecule has 0 atom stereocenters. The van der Waals surface area contributed by atoms with Gasteiger partial charge >= 0.3 is 0 Å². The summed E-state index contributed by atoms with van der Waals surface area (Å²) in [5.74, 6) is 0.736. The molecule has 0 unspecified atom stereocenters. The SMILES string of the molecule is COc1cc(C)c(C)cc1-c1ncn(C)c1C=O. The first-order chi connectivity index (χ1) is 8.58. The van der Waals surface area contributed by atoms with E-state index in [0.717, 1.165) is 28.7 Å². The number of nitrogens with zero attached hydrogens (tertiary/aromatic N) is 2. The normalized spacial score (nSPS) is 10.4. The first-order valence-corrected chi connectivity index (χ1v) is 5.70. The fourth-order valence-electron chi connectivity index (χ4n) is 1.93. The van der Waals surface area contributed by atoms with E-state index in [1.807, 2.05) is 26.0 Å². The smallest absolute Gasteiger partial charge is 0.168 e. The molecule has 0 bridgehead atoms. The number of aromatic nitrogens is 2. The first-order valence-electron chi connectivity index (χ1n) is 5.70. The molecule has 0 amide bonds. The van der Waals surface area contributed by atoms with Crippen LogP contribution in [0.4, 0.5) is 0 Å². The Morgan fingerprint density at radius 2 is 1.94 bits per heavy atom. The van der Waals surface area contributed by atoms with Gasteiger partial charge in [0.25, 0.3) is 0 Å². The van der Waals surface area contributed by atoms with Crippen LogP contribution < -0.4 is 4.74 Å². The fraction of sp³-hybridized carbons (Fsp3) is 0.286. The van der Waals surface area contributed by atoms with Gasteiger partial charge in [-0.2, -0.15) is 0 Å². The zero-order chi connectivity index (χ0) is 13.3. The lowest BCUT2D eigenvalue weighted by Crippen LogP contribution is -1.97. The van der Waals surface area contributed by atoms with E-state index in [1.54, 1.807) is 25.1 Å². The Kier molecular flexibility index (Phi) is 3.19. The average Bonchev–Trinajstić information content (AvgIpc) is 2.73. The molecule has 1 heterocycles. The zero-order valence-corrected chi connectivity index (χ0v) is 11.0. The van der Waals surface area contributed by atoms with E-state index in [9.17, 15) is 4.79 Å². The van der Waals surface area contributed by atoms with Crippen molar-refractivity contribution in [3.05, 3.63) is 35.3 Å². The summed E-state index contributed by atoms with van der Waals surface area (Å²) in [6, 6.07) is 3.97. The fourth-order valence-corrected chi connectivity index (χ4v) is 1.93. The number of benzene rings is 1. The molecular weight excluding hydrogens is 228 g/mol. The summed E-state index contributed by atoms with van der Waals surface area (Å²) in [5, 5.41) is 0. The molecular formula is C14H16N2O2. The van der Waals surface area contributed by atoms with Gasteiger partial charge in [0, 0.05) is 12.6 Å². The van der Waals surface area contributed by atoms with Crippen LogP contribution in [0, 0.1) is 13.8 Å². The molecule has 1 aromatic heterocycles. The second kappa shape index (κ2) is 4.64. The van der Waals surface area contributed by atoms with Crippen LogP contribution in [0.5, 0.6) is 5.75 Å². The van der Waals surface area contributed by atoms with Crippen molar-refractivity contribution in [2.75, 3.05) is 7.11 Å². The third-order valence-electron chi connectivity index (χ3n) is 3.17. The van der Waals surface area contributed by atoms with E-state index >= 15 is 0 Å². The van der Waals surface area contributed by atoms with Crippen molar-refractivity contribution in [1.29, 1.82) is 0 Å². The molecule has 2 aromatic rings. The van der Waals surface area contributed by atoms with E-state index in [2.05, 4.69) is 4.98 Å². The number of aryl methyl sites for hydroxylation is 3. The molecule has 0 aliphatic heterocycles. The maximum absolute atomic E-state index is 11.1. The van der Waals surface area contributed by atoms with Gasteiger partial charge in [-0.1, -0.05) is 0 Å². The van der Waals surface area contributed by atoms with E-state index in [0.29, 0.717) is 11.4 Å². The number of carbonyl (C=O) groups excluding carboxylic acids is 1. The van der Waals surface area contributed by atoms with Gasteiger partial charge in [0.1, 0.15) is 17.1 Å². The quantitative estimate of drug-likeness (QED) is 0.779. The molecule has 0 fully saturated rings. The van der Waals surface area contributed by atoms with Crippen LogP contribution in [0.1, 0.15) is 21.6 Å². The molecule has 4 nitrogen and oxygen atoms in total. The van der Waals surface area contributed by atoms with Gasteiger partial charge in [-0.05, 0) is 37.1 Å². The number of hydrogen-bond donors (Lipinski definition) is 0. The van der Waals surface area contributed by atoms with Gasteiger partial charge in [0.05, 0.1) is 13.4 Å². The van der Waals surface area contributed by atoms with Crippen LogP contribution in [0.3, 0.4) is 0 Å². The lowest BCUT2D eigenvalue weighted by molar-refractivity contribution is 0.111. The monoisotopic (exact) mass is 244 g/mol. The van der Waals surface area contributed by atoms with Gasteiger partial charge in [0.15, 0.2) is 6.29 Å². The molecule has 18 heavy (non-hydrogen) atoms.